The lowest BCUT2D eigenvalue weighted by atomic mass is 10.2. The normalized spacial score (nSPS) is 15.7. The minimum absolute atomic E-state index is 0.187. The van der Waals surface area contributed by atoms with E-state index in [2.05, 4.69) is 5.32 Å². The maximum atomic E-state index is 12.0. The van der Waals surface area contributed by atoms with Gasteiger partial charge in [0.15, 0.2) is 0 Å². The Morgan fingerprint density at radius 1 is 1.16 bits per heavy atom. The molecule has 0 radical (unpaired) electrons. The van der Waals surface area contributed by atoms with Gasteiger partial charge in [0, 0.05) is 25.4 Å². The molecule has 1 aliphatic rings. The largest absolute Gasteiger partial charge is 0.478 e. The second-order valence-electron chi connectivity index (χ2n) is 4.27. The number of hydrogen-bond acceptors (Lipinski definition) is 3. The van der Waals surface area contributed by atoms with Crippen molar-refractivity contribution < 1.29 is 19.4 Å². The van der Waals surface area contributed by atoms with E-state index in [4.69, 9.17) is 9.84 Å². The highest BCUT2D eigenvalue weighted by molar-refractivity contribution is 5.91. The third-order valence-corrected chi connectivity index (χ3v) is 2.89. The van der Waals surface area contributed by atoms with Crippen LogP contribution in [0.2, 0.25) is 0 Å². The SMILES string of the molecule is O=C(O)c1ccc(NC(=O)N2CCCOCC2)cc1. The molecule has 19 heavy (non-hydrogen) atoms. The number of carbonyl (C=O) groups is 2. The number of rotatable bonds is 2. The van der Waals surface area contributed by atoms with Gasteiger partial charge in [-0.15, -0.1) is 0 Å². The second-order valence-corrected chi connectivity index (χ2v) is 4.27. The first kappa shape index (κ1) is 13.4. The van der Waals surface area contributed by atoms with Crippen molar-refractivity contribution in [2.45, 2.75) is 6.42 Å². The molecule has 1 aromatic rings. The van der Waals surface area contributed by atoms with Crippen molar-refractivity contribution in [2.75, 3.05) is 31.6 Å². The van der Waals surface area contributed by atoms with Gasteiger partial charge in [-0.2, -0.15) is 0 Å². The van der Waals surface area contributed by atoms with Crippen molar-refractivity contribution in [3.05, 3.63) is 29.8 Å². The van der Waals surface area contributed by atoms with Crippen LogP contribution in [0, 0.1) is 0 Å². The molecule has 1 aromatic carbocycles. The Kier molecular flexibility index (Phi) is 4.35. The van der Waals surface area contributed by atoms with Gasteiger partial charge in [-0.05, 0) is 30.7 Å². The fourth-order valence-electron chi connectivity index (χ4n) is 1.85. The number of nitrogens with one attached hydrogen (secondary N) is 1. The van der Waals surface area contributed by atoms with E-state index in [1.165, 1.54) is 12.1 Å². The van der Waals surface area contributed by atoms with Gasteiger partial charge in [0.2, 0.25) is 0 Å². The molecule has 2 amide bonds. The number of hydrogen-bond donors (Lipinski definition) is 2. The van der Waals surface area contributed by atoms with E-state index < -0.39 is 5.97 Å². The van der Waals surface area contributed by atoms with Crippen molar-refractivity contribution in [3.63, 3.8) is 0 Å². The average molecular weight is 264 g/mol. The van der Waals surface area contributed by atoms with Gasteiger partial charge in [-0.3, -0.25) is 0 Å². The Balaban J connectivity index is 1.95. The molecule has 0 aliphatic carbocycles. The van der Waals surface area contributed by atoms with Crippen LogP contribution in [-0.2, 0) is 4.74 Å². The van der Waals surface area contributed by atoms with Crippen LogP contribution < -0.4 is 5.32 Å². The van der Waals surface area contributed by atoms with E-state index in [0.717, 1.165) is 6.42 Å². The van der Waals surface area contributed by atoms with E-state index >= 15 is 0 Å². The third-order valence-electron chi connectivity index (χ3n) is 2.89. The summed E-state index contributed by atoms with van der Waals surface area (Å²) in [4.78, 5) is 24.4. The second kappa shape index (κ2) is 6.19. The minimum Gasteiger partial charge on any atom is -0.478 e. The first-order valence-electron chi connectivity index (χ1n) is 6.14. The van der Waals surface area contributed by atoms with Crippen LogP contribution in [0.5, 0.6) is 0 Å². The van der Waals surface area contributed by atoms with Gasteiger partial charge in [0.25, 0.3) is 0 Å². The van der Waals surface area contributed by atoms with Crippen molar-refractivity contribution in [2.24, 2.45) is 0 Å². The van der Waals surface area contributed by atoms with Crippen molar-refractivity contribution >= 4 is 17.7 Å². The molecule has 1 saturated heterocycles. The summed E-state index contributed by atoms with van der Waals surface area (Å²) in [6, 6.07) is 5.90. The van der Waals surface area contributed by atoms with Crippen molar-refractivity contribution in [1.29, 1.82) is 0 Å². The summed E-state index contributed by atoms with van der Waals surface area (Å²) in [6.45, 7) is 2.46. The molecular weight excluding hydrogens is 248 g/mol. The molecule has 6 nitrogen and oxygen atoms in total. The molecular formula is C13H16N2O4. The molecule has 102 valence electrons. The number of ether oxygens (including phenoxy) is 1. The number of aromatic carboxylic acids is 1. The molecule has 0 bridgehead atoms. The molecule has 1 heterocycles. The Morgan fingerprint density at radius 2 is 1.89 bits per heavy atom. The Hall–Kier alpha value is -2.08. The molecule has 2 N–H and O–H groups in total. The summed E-state index contributed by atoms with van der Waals surface area (Å²) in [6.07, 6.45) is 0.825. The maximum absolute atomic E-state index is 12.0. The van der Waals surface area contributed by atoms with Crippen LogP contribution in [0.15, 0.2) is 24.3 Å². The molecule has 2 rings (SSSR count). The zero-order valence-corrected chi connectivity index (χ0v) is 10.5. The van der Waals surface area contributed by atoms with Gasteiger partial charge in [0.1, 0.15) is 0 Å². The molecule has 1 fully saturated rings. The number of nitrogens with zero attached hydrogens (tertiary/aromatic N) is 1. The zero-order chi connectivity index (χ0) is 13.7. The Bertz CT molecular complexity index is 450. The van der Waals surface area contributed by atoms with Crippen LogP contribution >= 0.6 is 0 Å². The number of benzene rings is 1. The fraction of sp³-hybridized carbons (Fsp3) is 0.385. The number of urea groups is 1. The van der Waals surface area contributed by atoms with E-state index in [-0.39, 0.29) is 11.6 Å². The molecule has 6 heteroatoms. The Labute approximate surface area is 111 Å². The molecule has 0 spiro atoms. The smallest absolute Gasteiger partial charge is 0.335 e. The number of carbonyl (C=O) groups excluding carboxylic acids is 1. The first-order chi connectivity index (χ1) is 9.16. The molecule has 0 aromatic heterocycles. The molecule has 0 saturated carbocycles. The molecule has 0 atom stereocenters. The maximum Gasteiger partial charge on any atom is 0.335 e. The highest BCUT2D eigenvalue weighted by atomic mass is 16.5. The molecule has 0 unspecified atom stereocenters. The highest BCUT2D eigenvalue weighted by Crippen LogP contribution is 2.11. The highest BCUT2D eigenvalue weighted by Gasteiger charge is 2.15. The van der Waals surface area contributed by atoms with Gasteiger partial charge in [0.05, 0.1) is 12.2 Å². The van der Waals surface area contributed by atoms with Crippen LogP contribution in [0.1, 0.15) is 16.8 Å². The lowest BCUT2D eigenvalue weighted by Crippen LogP contribution is -2.36. The summed E-state index contributed by atoms with van der Waals surface area (Å²) in [7, 11) is 0. The first-order valence-corrected chi connectivity index (χ1v) is 6.14. The predicted octanol–water partition coefficient (Wildman–Crippen LogP) is 1.64. The zero-order valence-electron chi connectivity index (χ0n) is 10.5. The van der Waals surface area contributed by atoms with E-state index in [1.807, 2.05) is 0 Å². The Morgan fingerprint density at radius 3 is 2.58 bits per heavy atom. The summed E-state index contributed by atoms with van der Waals surface area (Å²) in [5.41, 5.74) is 0.779. The number of carboxylic acid groups (broad SMARTS) is 1. The van der Waals surface area contributed by atoms with Gasteiger partial charge in [-0.25, -0.2) is 9.59 Å². The van der Waals surface area contributed by atoms with Crippen molar-refractivity contribution in [3.8, 4) is 0 Å². The summed E-state index contributed by atoms with van der Waals surface area (Å²) in [5.74, 6) is -0.984. The molecule has 1 aliphatic heterocycles. The quantitative estimate of drug-likeness (QED) is 0.851. The fourth-order valence-corrected chi connectivity index (χ4v) is 1.85. The summed E-state index contributed by atoms with van der Waals surface area (Å²) < 4.78 is 5.28. The minimum atomic E-state index is -0.984. The van der Waals surface area contributed by atoms with E-state index in [9.17, 15) is 9.59 Å². The topological polar surface area (TPSA) is 78.9 Å². The van der Waals surface area contributed by atoms with E-state index in [0.29, 0.717) is 32.0 Å². The number of anilines is 1. The van der Waals surface area contributed by atoms with Crippen LogP contribution in [0.25, 0.3) is 0 Å². The third kappa shape index (κ3) is 3.69. The van der Waals surface area contributed by atoms with Gasteiger partial charge in [-0.1, -0.05) is 0 Å². The average Bonchev–Trinajstić information content (AvgIpc) is 2.68. The van der Waals surface area contributed by atoms with Crippen molar-refractivity contribution in [1.82, 2.24) is 4.90 Å². The lowest BCUT2D eigenvalue weighted by molar-refractivity contribution is 0.0697. The number of carboxylic acids is 1. The lowest BCUT2D eigenvalue weighted by Gasteiger charge is -2.20. The monoisotopic (exact) mass is 264 g/mol. The summed E-state index contributed by atoms with van der Waals surface area (Å²) in [5, 5.41) is 11.5. The predicted molar refractivity (Wildman–Crippen MR) is 69.4 cm³/mol. The standard InChI is InChI=1S/C13H16N2O4/c16-12(17)10-2-4-11(5-3-10)14-13(18)15-6-1-8-19-9-7-15/h2-5H,1,6-9H2,(H,14,18)(H,16,17). The van der Waals surface area contributed by atoms with E-state index in [1.54, 1.807) is 17.0 Å². The van der Waals surface area contributed by atoms with Crippen LogP contribution in [0.3, 0.4) is 0 Å². The summed E-state index contributed by atoms with van der Waals surface area (Å²) >= 11 is 0. The number of amides is 2. The van der Waals surface area contributed by atoms with Gasteiger partial charge < -0.3 is 20.1 Å². The van der Waals surface area contributed by atoms with Crippen LogP contribution in [-0.4, -0.2) is 48.3 Å². The van der Waals surface area contributed by atoms with Gasteiger partial charge >= 0.3 is 12.0 Å². The van der Waals surface area contributed by atoms with Crippen LogP contribution in [0.4, 0.5) is 10.5 Å².